The number of nitrogens with zero attached hydrogens (tertiary/aromatic N) is 1. The average molecular weight is 410 g/mol. The SMILES string of the molecule is CCCCOC(=O)c1ccc(NC2CC(=O)N(c3cccc(C(=O)O)c3)C2=O)cc1. The van der Waals surface area contributed by atoms with Crippen LogP contribution in [0.5, 0.6) is 0 Å². The van der Waals surface area contributed by atoms with Gasteiger partial charge in [0.15, 0.2) is 0 Å². The third kappa shape index (κ3) is 4.65. The molecule has 1 atom stereocenters. The van der Waals surface area contributed by atoms with E-state index in [2.05, 4.69) is 5.32 Å². The minimum atomic E-state index is -1.14. The minimum Gasteiger partial charge on any atom is -0.478 e. The first-order valence-corrected chi connectivity index (χ1v) is 9.64. The summed E-state index contributed by atoms with van der Waals surface area (Å²) in [5.41, 5.74) is 1.19. The topological polar surface area (TPSA) is 113 Å². The normalized spacial score (nSPS) is 15.9. The molecule has 1 unspecified atom stereocenters. The van der Waals surface area contributed by atoms with Gasteiger partial charge in [-0.1, -0.05) is 19.4 Å². The zero-order valence-corrected chi connectivity index (χ0v) is 16.5. The first-order chi connectivity index (χ1) is 14.4. The molecule has 2 N–H and O–H groups in total. The summed E-state index contributed by atoms with van der Waals surface area (Å²) in [6.07, 6.45) is 1.67. The lowest BCUT2D eigenvalue weighted by Crippen LogP contribution is -2.34. The zero-order valence-electron chi connectivity index (χ0n) is 16.5. The van der Waals surface area contributed by atoms with Crippen LogP contribution in [0.4, 0.5) is 11.4 Å². The highest BCUT2D eigenvalue weighted by Gasteiger charge is 2.39. The smallest absolute Gasteiger partial charge is 0.338 e. The third-order valence-corrected chi connectivity index (χ3v) is 4.69. The number of carbonyl (C=O) groups excluding carboxylic acids is 3. The number of carboxylic acid groups (broad SMARTS) is 1. The molecular weight excluding hydrogens is 388 g/mol. The van der Waals surface area contributed by atoms with Gasteiger partial charge in [-0.3, -0.25) is 9.59 Å². The molecule has 1 fully saturated rings. The largest absolute Gasteiger partial charge is 0.478 e. The maximum absolute atomic E-state index is 12.7. The molecule has 0 spiro atoms. The molecule has 156 valence electrons. The predicted octanol–water partition coefficient (Wildman–Crippen LogP) is 3.09. The molecular formula is C22H22N2O6. The van der Waals surface area contributed by atoms with E-state index in [9.17, 15) is 19.2 Å². The number of amides is 2. The van der Waals surface area contributed by atoms with Crippen LogP contribution in [-0.4, -0.2) is 41.5 Å². The number of unbranched alkanes of at least 4 members (excludes halogenated alkanes) is 1. The number of esters is 1. The minimum absolute atomic E-state index is 0.00841. The number of rotatable bonds is 8. The summed E-state index contributed by atoms with van der Waals surface area (Å²) in [6, 6.07) is 11.4. The van der Waals surface area contributed by atoms with Gasteiger partial charge >= 0.3 is 11.9 Å². The molecule has 1 aliphatic heterocycles. The van der Waals surface area contributed by atoms with Crippen molar-refractivity contribution in [2.24, 2.45) is 0 Å². The highest BCUT2D eigenvalue weighted by Crippen LogP contribution is 2.26. The Balaban J connectivity index is 1.67. The van der Waals surface area contributed by atoms with Crippen molar-refractivity contribution in [3.8, 4) is 0 Å². The van der Waals surface area contributed by atoms with Crippen molar-refractivity contribution >= 4 is 35.1 Å². The fraction of sp³-hybridized carbons (Fsp3) is 0.273. The van der Waals surface area contributed by atoms with Crippen LogP contribution >= 0.6 is 0 Å². The molecule has 2 aromatic rings. The van der Waals surface area contributed by atoms with Gasteiger partial charge in [0.25, 0.3) is 5.91 Å². The molecule has 2 amide bonds. The van der Waals surface area contributed by atoms with E-state index in [0.29, 0.717) is 17.9 Å². The van der Waals surface area contributed by atoms with Gasteiger partial charge in [-0.15, -0.1) is 0 Å². The third-order valence-electron chi connectivity index (χ3n) is 4.69. The van der Waals surface area contributed by atoms with Crippen LogP contribution in [0.3, 0.4) is 0 Å². The lowest BCUT2D eigenvalue weighted by atomic mass is 10.1. The monoisotopic (exact) mass is 410 g/mol. The second-order valence-corrected chi connectivity index (χ2v) is 6.89. The van der Waals surface area contributed by atoms with Gasteiger partial charge in [-0.2, -0.15) is 0 Å². The number of aromatic carboxylic acids is 1. The Labute approximate surface area is 173 Å². The molecule has 1 aliphatic rings. The number of ether oxygens (including phenoxy) is 1. The Kier molecular flexibility index (Phi) is 6.46. The number of nitrogens with one attached hydrogen (secondary N) is 1. The van der Waals surface area contributed by atoms with Crippen LogP contribution in [-0.2, 0) is 14.3 Å². The van der Waals surface area contributed by atoms with E-state index in [1.807, 2.05) is 6.92 Å². The molecule has 8 heteroatoms. The molecule has 8 nitrogen and oxygen atoms in total. The van der Waals surface area contributed by atoms with E-state index in [1.54, 1.807) is 24.3 Å². The fourth-order valence-corrected chi connectivity index (χ4v) is 3.09. The summed E-state index contributed by atoms with van der Waals surface area (Å²) < 4.78 is 5.16. The summed E-state index contributed by atoms with van der Waals surface area (Å²) in [4.78, 5) is 49.2. The maximum Gasteiger partial charge on any atom is 0.338 e. The lowest BCUT2D eigenvalue weighted by molar-refractivity contribution is -0.121. The highest BCUT2D eigenvalue weighted by atomic mass is 16.5. The summed E-state index contributed by atoms with van der Waals surface area (Å²) in [5, 5.41) is 12.1. The second-order valence-electron chi connectivity index (χ2n) is 6.89. The van der Waals surface area contributed by atoms with Crippen LogP contribution < -0.4 is 10.2 Å². The summed E-state index contributed by atoms with van der Waals surface area (Å²) >= 11 is 0. The van der Waals surface area contributed by atoms with Crippen molar-refractivity contribution in [3.63, 3.8) is 0 Å². The van der Waals surface area contributed by atoms with Crippen molar-refractivity contribution in [2.45, 2.75) is 32.2 Å². The lowest BCUT2D eigenvalue weighted by Gasteiger charge is -2.16. The van der Waals surface area contributed by atoms with Crippen LogP contribution in [0, 0.1) is 0 Å². The average Bonchev–Trinajstić information content (AvgIpc) is 3.01. The Hall–Kier alpha value is -3.68. The number of benzene rings is 2. The van der Waals surface area contributed by atoms with Crippen molar-refractivity contribution in [1.29, 1.82) is 0 Å². The first kappa shape index (κ1) is 21.0. The molecule has 1 heterocycles. The van der Waals surface area contributed by atoms with E-state index in [4.69, 9.17) is 9.84 Å². The molecule has 1 saturated heterocycles. The highest BCUT2D eigenvalue weighted by molar-refractivity contribution is 6.23. The molecule has 0 aliphatic carbocycles. The zero-order chi connectivity index (χ0) is 21.7. The molecule has 0 saturated carbocycles. The van der Waals surface area contributed by atoms with Gasteiger partial charge in [-0.05, 0) is 48.9 Å². The molecule has 0 aromatic heterocycles. The fourth-order valence-electron chi connectivity index (χ4n) is 3.09. The van der Waals surface area contributed by atoms with Crippen LogP contribution in [0.25, 0.3) is 0 Å². The Morgan fingerprint density at radius 1 is 1.13 bits per heavy atom. The first-order valence-electron chi connectivity index (χ1n) is 9.64. The number of imide groups is 1. The van der Waals surface area contributed by atoms with Crippen molar-refractivity contribution in [1.82, 2.24) is 0 Å². The van der Waals surface area contributed by atoms with Gasteiger partial charge in [-0.25, -0.2) is 14.5 Å². The molecule has 3 rings (SSSR count). The van der Waals surface area contributed by atoms with Crippen LogP contribution in [0.15, 0.2) is 48.5 Å². The Morgan fingerprint density at radius 3 is 2.53 bits per heavy atom. The number of hydrogen-bond donors (Lipinski definition) is 2. The van der Waals surface area contributed by atoms with E-state index < -0.39 is 29.8 Å². The van der Waals surface area contributed by atoms with Crippen LogP contribution in [0.2, 0.25) is 0 Å². The Morgan fingerprint density at radius 2 is 1.87 bits per heavy atom. The predicted molar refractivity (Wildman–Crippen MR) is 110 cm³/mol. The van der Waals surface area contributed by atoms with E-state index in [0.717, 1.165) is 17.7 Å². The maximum atomic E-state index is 12.7. The molecule has 2 aromatic carbocycles. The summed E-state index contributed by atoms with van der Waals surface area (Å²) in [5.74, 6) is -2.44. The quantitative estimate of drug-likeness (QED) is 0.391. The standard InChI is InChI=1S/C22H22N2O6/c1-2-3-11-30-22(29)14-7-9-16(10-8-14)23-18-13-19(25)24(20(18)26)17-6-4-5-15(12-17)21(27)28/h4-10,12,18,23H,2-3,11,13H2,1H3,(H,27,28). The summed E-state index contributed by atoms with van der Waals surface area (Å²) in [6.45, 7) is 2.38. The number of hydrogen-bond acceptors (Lipinski definition) is 6. The number of carboxylic acids is 1. The van der Waals surface area contributed by atoms with Gasteiger partial charge in [0.05, 0.1) is 29.8 Å². The van der Waals surface area contributed by atoms with Crippen molar-refractivity contribution in [2.75, 3.05) is 16.8 Å². The van der Waals surface area contributed by atoms with Crippen LogP contribution in [0.1, 0.15) is 46.9 Å². The van der Waals surface area contributed by atoms with Gasteiger partial charge < -0.3 is 15.2 Å². The summed E-state index contributed by atoms with van der Waals surface area (Å²) in [7, 11) is 0. The Bertz CT molecular complexity index is 970. The van der Waals surface area contributed by atoms with E-state index >= 15 is 0 Å². The van der Waals surface area contributed by atoms with E-state index in [-0.39, 0.29) is 17.7 Å². The van der Waals surface area contributed by atoms with Gasteiger partial charge in [0, 0.05) is 5.69 Å². The number of anilines is 2. The van der Waals surface area contributed by atoms with Crippen molar-refractivity contribution < 1.29 is 29.0 Å². The molecule has 30 heavy (non-hydrogen) atoms. The van der Waals surface area contributed by atoms with Gasteiger partial charge in [0.2, 0.25) is 5.91 Å². The molecule has 0 bridgehead atoms. The second kappa shape index (κ2) is 9.21. The number of carbonyl (C=O) groups is 4. The van der Waals surface area contributed by atoms with Crippen molar-refractivity contribution in [3.05, 3.63) is 59.7 Å². The van der Waals surface area contributed by atoms with E-state index in [1.165, 1.54) is 24.3 Å². The molecule has 0 radical (unpaired) electrons. The van der Waals surface area contributed by atoms with Gasteiger partial charge in [0.1, 0.15) is 6.04 Å².